The largest absolute Gasteiger partial charge is 0.480 e. The molecule has 0 aliphatic carbocycles. The standard InChI is InChI=1S/C12H14N2O2/c1-3-7-16-11-6-5-9(13)8-10(11)12(15)14-4-2/h1,5-6,8H,4,7,13H2,2H3,(H,14,15). The average Bonchev–Trinajstić information content (AvgIpc) is 2.27. The van der Waals surface area contributed by atoms with Crippen LogP contribution in [-0.4, -0.2) is 19.1 Å². The predicted octanol–water partition coefficient (Wildman–Crippen LogP) is 1.03. The Morgan fingerprint density at radius 2 is 2.38 bits per heavy atom. The molecule has 16 heavy (non-hydrogen) atoms. The van der Waals surface area contributed by atoms with Crippen molar-refractivity contribution in [2.75, 3.05) is 18.9 Å². The van der Waals surface area contributed by atoms with E-state index in [1.807, 2.05) is 6.92 Å². The zero-order valence-corrected chi connectivity index (χ0v) is 9.12. The molecule has 0 unspecified atom stereocenters. The normalized spacial score (nSPS) is 9.25. The van der Waals surface area contributed by atoms with Gasteiger partial charge in [0.15, 0.2) is 0 Å². The monoisotopic (exact) mass is 218 g/mol. The second-order valence-electron chi connectivity index (χ2n) is 3.11. The van der Waals surface area contributed by atoms with Crippen molar-refractivity contribution in [1.82, 2.24) is 5.32 Å². The Bertz CT molecular complexity index is 422. The minimum Gasteiger partial charge on any atom is -0.480 e. The molecule has 1 aromatic rings. The maximum Gasteiger partial charge on any atom is 0.255 e. The predicted molar refractivity (Wildman–Crippen MR) is 63.2 cm³/mol. The number of carbonyl (C=O) groups is 1. The summed E-state index contributed by atoms with van der Waals surface area (Å²) in [5, 5.41) is 2.68. The van der Waals surface area contributed by atoms with Crippen LogP contribution in [0.25, 0.3) is 0 Å². The number of nitrogens with one attached hydrogen (secondary N) is 1. The molecule has 0 aliphatic rings. The van der Waals surface area contributed by atoms with E-state index in [9.17, 15) is 4.79 Å². The summed E-state index contributed by atoms with van der Waals surface area (Å²) in [5.41, 5.74) is 6.52. The van der Waals surface area contributed by atoms with Gasteiger partial charge in [-0.3, -0.25) is 4.79 Å². The third-order valence-electron chi connectivity index (χ3n) is 1.90. The molecular formula is C12H14N2O2. The van der Waals surface area contributed by atoms with Crippen LogP contribution in [0.1, 0.15) is 17.3 Å². The van der Waals surface area contributed by atoms with Gasteiger partial charge in [0.1, 0.15) is 12.4 Å². The topological polar surface area (TPSA) is 64.3 Å². The molecule has 0 fully saturated rings. The highest BCUT2D eigenvalue weighted by molar-refractivity contribution is 5.97. The number of terminal acetylenes is 1. The molecule has 0 saturated heterocycles. The van der Waals surface area contributed by atoms with Gasteiger partial charge in [-0.25, -0.2) is 0 Å². The first-order valence-corrected chi connectivity index (χ1v) is 4.93. The Labute approximate surface area is 94.8 Å². The number of nitrogens with two attached hydrogens (primary N) is 1. The Morgan fingerprint density at radius 3 is 3.00 bits per heavy atom. The average molecular weight is 218 g/mol. The summed E-state index contributed by atoms with van der Waals surface area (Å²) in [6.07, 6.45) is 5.09. The van der Waals surface area contributed by atoms with Gasteiger partial charge < -0.3 is 15.8 Å². The molecule has 0 radical (unpaired) electrons. The highest BCUT2D eigenvalue weighted by Crippen LogP contribution is 2.21. The van der Waals surface area contributed by atoms with Crippen LogP contribution in [0.5, 0.6) is 5.75 Å². The quantitative estimate of drug-likeness (QED) is 0.586. The molecule has 0 aromatic heterocycles. The van der Waals surface area contributed by atoms with E-state index in [1.54, 1.807) is 18.2 Å². The number of ether oxygens (including phenoxy) is 1. The molecule has 0 bridgehead atoms. The van der Waals surface area contributed by atoms with Crippen LogP contribution in [-0.2, 0) is 0 Å². The van der Waals surface area contributed by atoms with Gasteiger partial charge in [-0.2, -0.15) is 0 Å². The number of benzene rings is 1. The van der Waals surface area contributed by atoms with Crippen molar-refractivity contribution in [2.24, 2.45) is 0 Å². The maximum absolute atomic E-state index is 11.7. The minimum atomic E-state index is -0.221. The van der Waals surface area contributed by atoms with Crippen molar-refractivity contribution in [2.45, 2.75) is 6.92 Å². The fourth-order valence-electron chi connectivity index (χ4n) is 1.23. The summed E-state index contributed by atoms with van der Waals surface area (Å²) >= 11 is 0. The van der Waals surface area contributed by atoms with Crippen molar-refractivity contribution in [3.8, 4) is 18.1 Å². The lowest BCUT2D eigenvalue weighted by molar-refractivity contribution is 0.0952. The molecule has 4 nitrogen and oxygen atoms in total. The zero-order valence-electron chi connectivity index (χ0n) is 9.12. The molecule has 84 valence electrons. The molecule has 1 aromatic carbocycles. The highest BCUT2D eigenvalue weighted by atomic mass is 16.5. The Morgan fingerprint density at radius 1 is 1.62 bits per heavy atom. The first kappa shape index (κ1) is 11.9. The fourth-order valence-corrected chi connectivity index (χ4v) is 1.23. The summed E-state index contributed by atoms with van der Waals surface area (Å²) < 4.78 is 5.26. The van der Waals surface area contributed by atoms with Crippen LogP contribution in [0.15, 0.2) is 18.2 Å². The first-order valence-electron chi connectivity index (χ1n) is 4.93. The summed E-state index contributed by atoms with van der Waals surface area (Å²) in [5.74, 6) is 2.57. The van der Waals surface area contributed by atoms with Crippen molar-refractivity contribution >= 4 is 11.6 Å². The molecule has 0 spiro atoms. The van der Waals surface area contributed by atoms with E-state index in [-0.39, 0.29) is 12.5 Å². The number of anilines is 1. The van der Waals surface area contributed by atoms with Gasteiger partial charge in [0.25, 0.3) is 5.91 Å². The van der Waals surface area contributed by atoms with Gasteiger partial charge in [-0.05, 0) is 25.1 Å². The second-order valence-corrected chi connectivity index (χ2v) is 3.11. The fraction of sp³-hybridized carbons (Fsp3) is 0.250. The number of rotatable bonds is 4. The van der Waals surface area contributed by atoms with Gasteiger partial charge in [0.05, 0.1) is 5.56 Å². The van der Waals surface area contributed by atoms with E-state index in [0.29, 0.717) is 23.5 Å². The number of carbonyl (C=O) groups excluding carboxylic acids is 1. The van der Waals surface area contributed by atoms with Crippen molar-refractivity contribution in [1.29, 1.82) is 0 Å². The van der Waals surface area contributed by atoms with Gasteiger partial charge in [-0.15, -0.1) is 6.42 Å². The van der Waals surface area contributed by atoms with Gasteiger partial charge in [0, 0.05) is 12.2 Å². The molecule has 0 heterocycles. The second kappa shape index (κ2) is 5.66. The van der Waals surface area contributed by atoms with Crippen LogP contribution < -0.4 is 15.8 Å². The SMILES string of the molecule is C#CCOc1ccc(N)cc1C(=O)NCC. The van der Waals surface area contributed by atoms with Crippen LogP contribution in [0.3, 0.4) is 0 Å². The number of hydrogen-bond acceptors (Lipinski definition) is 3. The highest BCUT2D eigenvalue weighted by Gasteiger charge is 2.11. The lowest BCUT2D eigenvalue weighted by atomic mass is 10.1. The number of hydrogen-bond donors (Lipinski definition) is 2. The lowest BCUT2D eigenvalue weighted by Gasteiger charge is -2.10. The van der Waals surface area contributed by atoms with E-state index in [2.05, 4.69) is 11.2 Å². The maximum atomic E-state index is 11.7. The third-order valence-corrected chi connectivity index (χ3v) is 1.90. The molecular weight excluding hydrogens is 204 g/mol. The summed E-state index contributed by atoms with van der Waals surface area (Å²) in [6.45, 7) is 2.50. The molecule has 3 N–H and O–H groups in total. The van der Waals surface area contributed by atoms with E-state index >= 15 is 0 Å². The smallest absolute Gasteiger partial charge is 0.255 e. The van der Waals surface area contributed by atoms with Crippen molar-refractivity contribution < 1.29 is 9.53 Å². The Hall–Kier alpha value is -2.15. The van der Waals surface area contributed by atoms with Crippen molar-refractivity contribution in [3.05, 3.63) is 23.8 Å². The van der Waals surface area contributed by atoms with Crippen LogP contribution in [0.4, 0.5) is 5.69 Å². The third kappa shape index (κ3) is 2.92. The van der Waals surface area contributed by atoms with Gasteiger partial charge >= 0.3 is 0 Å². The molecule has 4 heteroatoms. The van der Waals surface area contributed by atoms with Crippen molar-refractivity contribution in [3.63, 3.8) is 0 Å². The van der Waals surface area contributed by atoms with E-state index in [0.717, 1.165) is 0 Å². The van der Waals surface area contributed by atoms with Crippen LogP contribution >= 0.6 is 0 Å². The number of nitrogen functional groups attached to an aromatic ring is 1. The van der Waals surface area contributed by atoms with E-state index in [1.165, 1.54) is 0 Å². The molecule has 0 aliphatic heterocycles. The molecule has 0 saturated carbocycles. The molecule has 1 amide bonds. The van der Waals surface area contributed by atoms with Gasteiger partial charge in [0.2, 0.25) is 0 Å². The molecule has 0 atom stereocenters. The Kier molecular flexibility index (Phi) is 4.22. The summed E-state index contributed by atoms with van der Waals surface area (Å²) in [7, 11) is 0. The first-order chi connectivity index (χ1) is 7.69. The summed E-state index contributed by atoms with van der Waals surface area (Å²) in [4.78, 5) is 11.7. The zero-order chi connectivity index (χ0) is 12.0. The van der Waals surface area contributed by atoms with Crippen LogP contribution in [0, 0.1) is 12.3 Å². The Balaban J connectivity index is 2.98. The molecule has 1 rings (SSSR count). The van der Waals surface area contributed by atoms with E-state index in [4.69, 9.17) is 16.9 Å². The van der Waals surface area contributed by atoms with Crippen LogP contribution in [0.2, 0.25) is 0 Å². The summed E-state index contributed by atoms with van der Waals surface area (Å²) in [6, 6.07) is 4.86. The van der Waals surface area contributed by atoms with E-state index < -0.39 is 0 Å². The van der Waals surface area contributed by atoms with Gasteiger partial charge in [-0.1, -0.05) is 5.92 Å². The minimum absolute atomic E-state index is 0.121. The lowest BCUT2D eigenvalue weighted by Crippen LogP contribution is -2.23. The number of amides is 1.